The Morgan fingerprint density at radius 2 is 1.84 bits per heavy atom. The maximum atomic E-state index is 13.1. The molecule has 3 aromatic rings. The normalized spacial score (nSPS) is 14.4. The van der Waals surface area contributed by atoms with Crippen LogP contribution in [0, 0.1) is 5.82 Å². The van der Waals surface area contributed by atoms with E-state index >= 15 is 0 Å². The molecule has 0 bridgehead atoms. The number of piperazine rings is 1. The van der Waals surface area contributed by atoms with Gasteiger partial charge in [0, 0.05) is 49.7 Å². The summed E-state index contributed by atoms with van der Waals surface area (Å²) in [7, 11) is 1.54. The average molecular weight is 457 g/mol. The summed E-state index contributed by atoms with van der Waals surface area (Å²) in [6, 6.07) is 11.4. The second-order valence-electron chi connectivity index (χ2n) is 7.47. The van der Waals surface area contributed by atoms with E-state index in [0.29, 0.717) is 34.5 Å². The molecule has 7 nitrogen and oxygen atoms in total. The van der Waals surface area contributed by atoms with Crippen molar-refractivity contribution in [3.8, 4) is 16.7 Å². The van der Waals surface area contributed by atoms with E-state index in [9.17, 15) is 9.18 Å². The van der Waals surface area contributed by atoms with Gasteiger partial charge in [0.15, 0.2) is 17.3 Å². The highest BCUT2D eigenvalue weighted by Gasteiger charge is 2.22. The zero-order valence-electron chi connectivity index (χ0n) is 18.1. The van der Waals surface area contributed by atoms with E-state index in [-0.39, 0.29) is 11.7 Å². The van der Waals surface area contributed by atoms with Crippen LogP contribution in [-0.2, 0) is 6.42 Å². The Morgan fingerprint density at radius 3 is 2.53 bits per heavy atom. The SMILES string of the molecule is CCN1CCN(C(=O)c2ccc(Oc3nc(Cc4ccc(F)cc4)ns3)c(OC)c2)CC1. The summed E-state index contributed by atoms with van der Waals surface area (Å²) < 4.78 is 28.7. The number of amides is 1. The molecule has 4 rings (SSSR count). The van der Waals surface area contributed by atoms with Crippen molar-refractivity contribution in [3.63, 3.8) is 0 Å². The fourth-order valence-corrected chi connectivity index (χ4v) is 4.13. The van der Waals surface area contributed by atoms with Crippen molar-refractivity contribution in [2.45, 2.75) is 13.3 Å². The van der Waals surface area contributed by atoms with Gasteiger partial charge in [-0.3, -0.25) is 4.79 Å². The third kappa shape index (κ3) is 5.23. The van der Waals surface area contributed by atoms with Crippen LogP contribution < -0.4 is 9.47 Å². The number of carbonyl (C=O) groups excluding carboxylic acids is 1. The first-order valence-corrected chi connectivity index (χ1v) is 11.3. The molecule has 0 spiro atoms. The molecule has 1 aliphatic rings. The fraction of sp³-hybridized carbons (Fsp3) is 0.348. The predicted octanol–water partition coefficient (Wildman–Crippen LogP) is 3.85. The highest BCUT2D eigenvalue weighted by molar-refractivity contribution is 7.07. The second-order valence-corrected chi connectivity index (χ2v) is 8.19. The Morgan fingerprint density at radius 1 is 1.09 bits per heavy atom. The van der Waals surface area contributed by atoms with Gasteiger partial charge in [-0.2, -0.15) is 9.36 Å². The van der Waals surface area contributed by atoms with Crippen LogP contribution >= 0.6 is 11.5 Å². The highest BCUT2D eigenvalue weighted by atomic mass is 32.1. The molecule has 0 unspecified atom stereocenters. The standard InChI is InChI=1S/C23H25FN4O3S/c1-3-27-10-12-28(13-11-27)22(29)17-6-9-19(20(15-17)30-2)31-23-25-21(26-32-23)14-16-4-7-18(24)8-5-16/h4-9,15H,3,10-14H2,1-2H3. The van der Waals surface area contributed by atoms with E-state index in [0.717, 1.165) is 49.8 Å². The summed E-state index contributed by atoms with van der Waals surface area (Å²) in [4.78, 5) is 21.5. The van der Waals surface area contributed by atoms with Crippen LogP contribution in [0.3, 0.4) is 0 Å². The first-order chi connectivity index (χ1) is 15.6. The number of hydrogen-bond acceptors (Lipinski definition) is 7. The second kappa shape index (κ2) is 10.1. The van der Waals surface area contributed by atoms with Gasteiger partial charge in [-0.05, 0) is 42.4 Å². The van der Waals surface area contributed by atoms with Crippen LogP contribution in [0.25, 0.3) is 0 Å². The highest BCUT2D eigenvalue weighted by Crippen LogP contribution is 2.33. The molecule has 0 saturated carbocycles. The Balaban J connectivity index is 1.43. The van der Waals surface area contributed by atoms with E-state index in [1.165, 1.54) is 19.2 Å². The Labute approximate surface area is 190 Å². The van der Waals surface area contributed by atoms with Crippen molar-refractivity contribution in [2.24, 2.45) is 0 Å². The van der Waals surface area contributed by atoms with Gasteiger partial charge in [-0.25, -0.2) is 4.39 Å². The minimum absolute atomic E-state index is 0.0110. The lowest BCUT2D eigenvalue weighted by Crippen LogP contribution is -2.48. The molecule has 0 N–H and O–H groups in total. The molecule has 2 heterocycles. The van der Waals surface area contributed by atoms with Gasteiger partial charge in [0.2, 0.25) is 0 Å². The average Bonchev–Trinajstić information content (AvgIpc) is 3.27. The number of hydrogen-bond donors (Lipinski definition) is 0. The maximum Gasteiger partial charge on any atom is 0.298 e. The van der Waals surface area contributed by atoms with Crippen LogP contribution in [0.1, 0.15) is 28.7 Å². The minimum atomic E-state index is -0.277. The summed E-state index contributed by atoms with van der Waals surface area (Å²) in [5.74, 6) is 1.22. The summed E-state index contributed by atoms with van der Waals surface area (Å²) in [6.45, 7) is 6.34. The number of halogens is 1. The van der Waals surface area contributed by atoms with E-state index in [1.807, 2.05) is 4.90 Å². The van der Waals surface area contributed by atoms with Gasteiger partial charge in [0.1, 0.15) is 5.82 Å². The summed E-state index contributed by atoms with van der Waals surface area (Å²) >= 11 is 1.13. The Hall–Kier alpha value is -3.04. The van der Waals surface area contributed by atoms with E-state index < -0.39 is 0 Å². The van der Waals surface area contributed by atoms with Gasteiger partial charge >= 0.3 is 0 Å². The molecule has 1 aromatic heterocycles. The number of aromatic nitrogens is 2. The van der Waals surface area contributed by atoms with Gasteiger partial charge in [0.05, 0.1) is 7.11 Å². The van der Waals surface area contributed by atoms with Crippen molar-refractivity contribution in [2.75, 3.05) is 39.8 Å². The van der Waals surface area contributed by atoms with E-state index in [1.54, 1.807) is 30.3 Å². The van der Waals surface area contributed by atoms with Crippen LogP contribution in [0.5, 0.6) is 16.7 Å². The van der Waals surface area contributed by atoms with Crippen LogP contribution in [0.4, 0.5) is 4.39 Å². The zero-order valence-corrected chi connectivity index (χ0v) is 18.9. The molecule has 1 amide bonds. The molecule has 2 aromatic carbocycles. The maximum absolute atomic E-state index is 13.1. The molecule has 1 saturated heterocycles. The van der Waals surface area contributed by atoms with Crippen molar-refractivity contribution in [1.82, 2.24) is 19.2 Å². The third-order valence-electron chi connectivity index (χ3n) is 5.44. The van der Waals surface area contributed by atoms with Crippen LogP contribution in [0.15, 0.2) is 42.5 Å². The van der Waals surface area contributed by atoms with Gasteiger partial charge in [-0.15, -0.1) is 0 Å². The summed E-state index contributed by atoms with van der Waals surface area (Å²) in [5.41, 5.74) is 1.48. The van der Waals surface area contributed by atoms with Crippen molar-refractivity contribution in [1.29, 1.82) is 0 Å². The number of ether oxygens (including phenoxy) is 2. The molecule has 1 aliphatic heterocycles. The summed E-state index contributed by atoms with van der Waals surface area (Å²) in [6.07, 6.45) is 0.482. The third-order valence-corrected chi connectivity index (χ3v) is 6.07. The molecule has 0 radical (unpaired) electrons. The topological polar surface area (TPSA) is 67.8 Å². The lowest BCUT2D eigenvalue weighted by molar-refractivity contribution is 0.0643. The largest absolute Gasteiger partial charge is 0.493 e. The number of rotatable bonds is 7. The van der Waals surface area contributed by atoms with Crippen molar-refractivity contribution in [3.05, 3.63) is 65.2 Å². The quantitative estimate of drug-likeness (QED) is 0.538. The zero-order chi connectivity index (χ0) is 22.5. The first-order valence-electron chi connectivity index (χ1n) is 10.5. The van der Waals surface area contributed by atoms with Gasteiger partial charge in [0.25, 0.3) is 11.1 Å². The van der Waals surface area contributed by atoms with Gasteiger partial charge in [-0.1, -0.05) is 19.1 Å². The van der Waals surface area contributed by atoms with E-state index in [2.05, 4.69) is 21.2 Å². The van der Waals surface area contributed by atoms with E-state index in [4.69, 9.17) is 9.47 Å². The van der Waals surface area contributed by atoms with Crippen molar-refractivity contribution >= 4 is 17.4 Å². The number of benzene rings is 2. The summed E-state index contributed by atoms with van der Waals surface area (Å²) in [5, 5.41) is 0.371. The molecule has 168 valence electrons. The Bertz CT molecular complexity index is 1070. The van der Waals surface area contributed by atoms with Crippen LogP contribution in [0.2, 0.25) is 0 Å². The first kappa shape index (κ1) is 22.2. The monoisotopic (exact) mass is 456 g/mol. The molecule has 32 heavy (non-hydrogen) atoms. The lowest BCUT2D eigenvalue weighted by Gasteiger charge is -2.34. The molecule has 1 fully saturated rings. The molecule has 0 aliphatic carbocycles. The number of methoxy groups -OCH3 is 1. The lowest BCUT2D eigenvalue weighted by atomic mass is 10.1. The smallest absolute Gasteiger partial charge is 0.298 e. The van der Waals surface area contributed by atoms with Gasteiger partial charge < -0.3 is 19.3 Å². The number of nitrogens with zero attached hydrogens (tertiary/aromatic N) is 4. The number of likely N-dealkylation sites (N-methyl/N-ethyl adjacent to an activating group) is 1. The minimum Gasteiger partial charge on any atom is -0.493 e. The molecule has 0 atom stereocenters. The molecular formula is C23H25FN4O3S. The van der Waals surface area contributed by atoms with Crippen molar-refractivity contribution < 1.29 is 18.7 Å². The molecule has 9 heteroatoms. The number of carbonyl (C=O) groups is 1. The molecular weight excluding hydrogens is 431 g/mol. The van der Waals surface area contributed by atoms with Crippen LogP contribution in [-0.4, -0.2) is 64.9 Å². The fourth-order valence-electron chi connectivity index (χ4n) is 3.56. The predicted molar refractivity (Wildman–Crippen MR) is 120 cm³/mol. The Kier molecular flexibility index (Phi) is 6.96.